The molecule has 0 bridgehead atoms. The van der Waals surface area contributed by atoms with Crippen LogP contribution in [-0.4, -0.2) is 32.8 Å². The monoisotopic (exact) mass is 588 g/mol. The number of hydrogen-bond acceptors (Lipinski definition) is 4. The molecule has 8 nitrogen and oxygen atoms in total. The van der Waals surface area contributed by atoms with Gasteiger partial charge in [-0.15, -0.1) is 0 Å². The van der Waals surface area contributed by atoms with Crippen molar-refractivity contribution in [3.63, 3.8) is 0 Å². The third kappa shape index (κ3) is 43.3. The normalized spacial score (nSPS) is 11.9. The first-order chi connectivity index (χ1) is 18.1. The number of phosphoric ester groups is 1. The molecule has 10 heteroatoms. The summed E-state index contributed by atoms with van der Waals surface area (Å²) in [7, 11) is -8.50. The number of phosphoric acid groups is 2. The van der Waals surface area contributed by atoms with Gasteiger partial charge in [0, 0.05) is 0 Å². The molecule has 0 aliphatic carbocycles. The Morgan fingerprint density at radius 2 is 0.579 bits per heavy atom. The third-order valence-electron chi connectivity index (χ3n) is 6.50. The Hall–Kier alpha value is 0.220. The highest BCUT2D eigenvalue weighted by Gasteiger charge is 2.19. The second-order valence-electron chi connectivity index (χ2n) is 10.4. The van der Waals surface area contributed by atoms with Gasteiger partial charge in [-0.3, -0.25) is 9.05 Å². The zero-order valence-corrected chi connectivity index (χ0v) is 26.5. The second-order valence-corrected chi connectivity index (χ2v) is 12.9. The van der Waals surface area contributed by atoms with E-state index in [4.69, 9.17) is 28.3 Å². The van der Waals surface area contributed by atoms with Crippen LogP contribution in [0, 0.1) is 0 Å². The molecule has 0 heterocycles. The molecule has 0 unspecified atom stereocenters. The van der Waals surface area contributed by atoms with Crippen LogP contribution in [0.5, 0.6) is 0 Å². The molecule has 0 rings (SSSR count). The molecule has 0 fully saturated rings. The van der Waals surface area contributed by atoms with Crippen molar-refractivity contribution in [2.75, 3.05) is 13.2 Å². The van der Waals surface area contributed by atoms with Crippen LogP contribution in [0.2, 0.25) is 0 Å². The lowest BCUT2D eigenvalue weighted by atomic mass is 10.1. The first-order valence-corrected chi connectivity index (χ1v) is 18.6. The van der Waals surface area contributed by atoms with Crippen molar-refractivity contribution in [3.8, 4) is 0 Å². The van der Waals surface area contributed by atoms with Crippen LogP contribution in [0.25, 0.3) is 0 Å². The van der Waals surface area contributed by atoms with Crippen molar-refractivity contribution in [1.82, 2.24) is 0 Å². The van der Waals surface area contributed by atoms with Crippen molar-refractivity contribution >= 4 is 15.6 Å². The Morgan fingerprint density at radius 1 is 0.395 bits per heavy atom. The maximum atomic E-state index is 11.9. The SMILES string of the molecule is CCCCCCCCCCCCCCOP(=O)(O)OCCCCCCCCCCCCCC.O=P(O)(O)O. The van der Waals surface area contributed by atoms with E-state index in [0.717, 1.165) is 25.7 Å². The molecule has 0 aromatic carbocycles. The minimum Gasteiger partial charge on any atom is -0.303 e. The number of rotatable bonds is 28. The van der Waals surface area contributed by atoms with Gasteiger partial charge in [-0.25, -0.2) is 9.13 Å². The largest absolute Gasteiger partial charge is 0.472 e. The van der Waals surface area contributed by atoms with E-state index in [2.05, 4.69) is 13.8 Å². The predicted molar refractivity (Wildman–Crippen MR) is 158 cm³/mol. The molecule has 0 aromatic rings. The van der Waals surface area contributed by atoms with Crippen molar-refractivity contribution in [1.29, 1.82) is 0 Å². The Bertz CT molecular complexity index is 515. The molecule has 0 spiro atoms. The first-order valence-electron chi connectivity index (χ1n) is 15.5. The van der Waals surface area contributed by atoms with Gasteiger partial charge in [0.05, 0.1) is 13.2 Å². The van der Waals surface area contributed by atoms with Gasteiger partial charge in [-0.1, -0.05) is 155 Å². The van der Waals surface area contributed by atoms with E-state index >= 15 is 0 Å². The maximum absolute atomic E-state index is 11.9. The average molecular weight is 589 g/mol. The number of unbranched alkanes of at least 4 members (excludes halogenated alkanes) is 22. The fraction of sp³-hybridized carbons (Fsp3) is 1.00. The lowest BCUT2D eigenvalue weighted by Crippen LogP contribution is -1.99. The summed E-state index contributed by atoms with van der Waals surface area (Å²) in [4.78, 5) is 31.3. The molecule has 0 atom stereocenters. The first kappa shape index (κ1) is 40.4. The molecule has 0 saturated carbocycles. The minimum atomic E-state index is -4.64. The van der Waals surface area contributed by atoms with Gasteiger partial charge in [0.2, 0.25) is 0 Å². The van der Waals surface area contributed by atoms with E-state index < -0.39 is 15.6 Å². The van der Waals surface area contributed by atoms with Crippen LogP contribution >= 0.6 is 15.6 Å². The van der Waals surface area contributed by atoms with Crippen LogP contribution in [0.1, 0.15) is 168 Å². The van der Waals surface area contributed by atoms with Gasteiger partial charge < -0.3 is 19.6 Å². The number of hydrogen-bond donors (Lipinski definition) is 4. The van der Waals surface area contributed by atoms with Crippen LogP contribution in [0.4, 0.5) is 0 Å². The van der Waals surface area contributed by atoms with Crippen molar-refractivity contribution in [3.05, 3.63) is 0 Å². The van der Waals surface area contributed by atoms with Gasteiger partial charge in [-0.05, 0) is 12.8 Å². The fourth-order valence-electron chi connectivity index (χ4n) is 4.28. The fourth-order valence-corrected chi connectivity index (χ4v) is 5.08. The zero-order chi connectivity index (χ0) is 28.8. The van der Waals surface area contributed by atoms with Crippen LogP contribution in [-0.2, 0) is 18.2 Å². The summed E-state index contributed by atoms with van der Waals surface area (Å²) in [5.41, 5.74) is 0. The van der Waals surface area contributed by atoms with Crippen molar-refractivity contribution < 1.29 is 37.8 Å². The topological polar surface area (TPSA) is 134 Å². The zero-order valence-electron chi connectivity index (χ0n) is 24.7. The highest BCUT2D eigenvalue weighted by atomic mass is 31.2. The molecule has 232 valence electrons. The molecule has 0 radical (unpaired) electrons. The van der Waals surface area contributed by atoms with Crippen LogP contribution in [0.3, 0.4) is 0 Å². The van der Waals surface area contributed by atoms with Gasteiger partial charge in [0.25, 0.3) is 0 Å². The highest BCUT2D eigenvalue weighted by molar-refractivity contribution is 7.47. The molecule has 0 aliphatic rings. The summed E-state index contributed by atoms with van der Waals surface area (Å²) in [6, 6.07) is 0. The third-order valence-corrected chi connectivity index (χ3v) is 7.52. The molecule has 0 aromatic heterocycles. The summed E-state index contributed by atoms with van der Waals surface area (Å²) in [5.74, 6) is 0. The van der Waals surface area contributed by atoms with E-state index in [0.29, 0.717) is 13.2 Å². The van der Waals surface area contributed by atoms with Gasteiger partial charge in [0.1, 0.15) is 0 Å². The Balaban J connectivity index is 0. The van der Waals surface area contributed by atoms with Gasteiger partial charge in [-0.2, -0.15) is 0 Å². The summed E-state index contributed by atoms with van der Waals surface area (Å²) in [5, 5.41) is 0. The molecular formula is C28H62O8P2. The average Bonchev–Trinajstić information content (AvgIpc) is 2.84. The Morgan fingerprint density at radius 3 is 0.789 bits per heavy atom. The predicted octanol–water partition coefficient (Wildman–Crippen LogP) is 9.59. The standard InChI is InChI=1S/C28H59O4P.H3O4P/c1-3-5-7-9-11-13-15-17-19-21-23-25-27-31-33(29,30)32-28-26-24-22-20-18-16-14-12-10-8-6-4-2;1-5(2,3)4/h3-28H2,1-2H3,(H,29,30);(H3,1,2,3,4). The van der Waals surface area contributed by atoms with Gasteiger partial charge in [0.15, 0.2) is 0 Å². The smallest absolute Gasteiger partial charge is 0.303 e. The van der Waals surface area contributed by atoms with E-state index in [-0.39, 0.29) is 0 Å². The summed E-state index contributed by atoms with van der Waals surface area (Å²) < 4.78 is 31.0. The van der Waals surface area contributed by atoms with E-state index in [1.807, 2.05) is 0 Å². The lowest BCUT2D eigenvalue weighted by Gasteiger charge is -2.12. The molecule has 38 heavy (non-hydrogen) atoms. The maximum Gasteiger partial charge on any atom is 0.472 e. The molecule has 0 aliphatic heterocycles. The minimum absolute atomic E-state index is 0.323. The van der Waals surface area contributed by atoms with Gasteiger partial charge >= 0.3 is 15.6 Å². The van der Waals surface area contributed by atoms with Crippen LogP contribution < -0.4 is 0 Å². The molecule has 0 amide bonds. The lowest BCUT2D eigenvalue weighted by molar-refractivity contribution is 0.145. The second kappa shape index (κ2) is 30.2. The van der Waals surface area contributed by atoms with E-state index in [1.165, 1.54) is 128 Å². The summed E-state index contributed by atoms with van der Waals surface area (Å²) in [6.45, 7) is 5.17. The highest BCUT2D eigenvalue weighted by Crippen LogP contribution is 2.43. The van der Waals surface area contributed by atoms with Crippen molar-refractivity contribution in [2.24, 2.45) is 0 Å². The van der Waals surface area contributed by atoms with Crippen molar-refractivity contribution in [2.45, 2.75) is 168 Å². The molecule has 4 N–H and O–H groups in total. The van der Waals surface area contributed by atoms with E-state index in [9.17, 15) is 9.46 Å². The molecule has 0 saturated heterocycles. The molecular weight excluding hydrogens is 526 g/mol. The quantitative estimate of drug-likeness (QED) is 0.0524. The summed E-state index contributed by atoms with van der Waals surface area (Å²) >= 11 is 0. The summed E-state index contributed by atoms with van der Waals surface area (Å²) in [6.07, 6.45) is 30.6. The Labute approximate surface area is 234 Å². The Kier molecular flexibility index (Phi) is 32.1. The van der Waals surface area contributed by atoms with Crippen LogP contribution in [0.15, 0.2) is 0 Å². The van der Waals surface area contributed by atoms with E-state index in [1.54, 1.807) is 0 Å².